The van der Waals surface area contributed by atoms with Gasteiger partial charge in [0.25, 0.3) is 15.6 Å². The van der Waals surface area contributed by atoms with Crippen molar-refractivity contribution < 1.29 is 26.8 Å². The summed E-state index contributed by atoms with van der Waals surface area (Å²) in [5.74, 6) is -0.618. The van der Waals surface area contributed by atoms with Crippen molar-refractivity contribution in [3.05, 3.63) is 88.0 Å². The minimum absolute atomic E-state index is 0.0305. The molecule has 5 rings (SSSR count). The van der Waals surface area contributed by atoms with E-state index in [4.69, 9.17) is 0 Å². The number of oxime groups is 1. The fraction of sp³-hybridized carbons (Fsp3) is 0.222. The Bertz CT molecular complexity index is 1990. The first kappa shape index (κ1) is 28.3. The highest BCUT2D eigenvalue weighted by atomic mass is 32.2. The molecule has 0 radical (unpaired) electrons. The Balaban J connectivity index is 1.63. The summed E-state index contributed by atoms with van der Waals surface area (Å²) in [5, 5.41) is 15.2. The Labute approximate surface area is 236 Å². The summed E-state index contributed by atoms with van der Waals surface area (Å²) in [5.41, 5.74) is 1.05. The number of nitrogens with zero attached hydrogens (tertiary/aromatic N) is 4. The van der Waals surface area contributed by atoms with Gasteiger partial charge in [0, 0.05) is 36.9 Å². The van der Waals surface area contributed by atoms with E-state index < -0.39 is 32.0 Å². The van der Waals surface area contributed by atoms with Crippen LogP contribution in [0.5, 0.6) is 0 Å². The van der Waals surface area contributed by atoms with E-state index in [-0.39, 0.29) is 50.6 Å². The average Bonchev–Trinajstić information content (AvgIpc) is 3.23. The molecule has 214 valence electrons. The largest absolute Gasteiger partial charge is 0.411 e. The molecule has 2 N–H and O–H groups in total. The number of hydrogen-bond acceptors (Lipinski definition) is 8. The fourth-order valence-electron chi connectivity index (χ4n) is 4.76. The number of rotatable bonds is 7. The lowest BCUT2D eigenvalue weighted by atomic mass is 10.1. The molecule has 0 saturated carbocycles. The minimum Gasteiger partial charge on any atom is -0.411 e. The van der Waals surface area contributed by atoms with Crippen LogP contribution in [0.1, 0.15) is 23.2 Å². The molecule has 1 atom stereocenters. The normalized spacial score (nSPS) is 16.2. The zero-order chi connectivity index (χ0) is 29.7. The van der Waals surface area contributed by atoms with Crippen molar-refractivity contribution in [3.8, 4) is 0 Å². The molecule has 12 nitrogen and oxygen atoms in total. The van der Waals surface area contributed by atoms with Gasteiger partial charge in [-0.3, -0.25) is 9.59 Å². The lowest BCUT2D eigenvalue weighted by Crippen LogP contribution is -2.56. The van der Waals surface area contributed by atoms with Crippen LogP contribution >= 0.6 is 0 Å². The third-order valence-electron chi connectivity index (χ3n) is 6.97. The van der Waals surface area contributed by atoms with Gasteiger partial charge in [-0.1, -0.05) is 22.9 Å². The summed E-state index contributed by atoms with van der Waals surface area (Å²) in [6.07, 6.45) is 2.63. The summed E-state index contributed by atoms with van der Waals surface area (Å²) in [6.45, 7) is 3.50. The molecule has 41 heavy (non-hydrogen) atoms. The summed E-state index contributed by atoms with van der Waals surface area (Å²) in [6, 6.07) is 12.1. The first-order valence-corrected chi connectivity index (χ1v) is 15.4. The molecule has 2 aromatic heterocycles. The number of amides is 1. The zero-order valence-corrected chi connectivity index (χ0v) is 24.0. The van der Waals surface area contributed by atoms with E-state index in [2.05, 4.69) is 10.5 Å². The maximum atomic E-state index is 14.1. The summed E-state index contributed by atoms with van der Waals surface area (Å²) >= 11 is 0. The summed E-state index contributed by atoms with van der Waals surface area (Å²) in [4.78, 5) is 24.6. The van der Waals surface area contributed by atoms with Gasteiger partial charge in [0.1, 0.15) is 10.9 Å². The van der Waals surface area contributed by atoms with Gasteiger partial charge in [0.2, 0.25) is 15.9 Å². The number of benzene rings is 2. The van der Waals surface area contributed by atoms with Crippen LogP contribution in [0.15, 0.2) is 80.5 Å². The molecule has 4 aromatic rings. The number of nitrogens with one attached hydrogen (secondary N) is 1. The van der Waals surface area contributed by atoms with E-state index in [1.54, 1.807) is 39.1 Å². The van der Waals surface area contributed by atoms with E-state index in [0.717, 1.165) is 20.1 Å². The number of aryl methyl sites for hydroxylation is 3. The van der Waals surface area contributed by atoms with E-state index >= 15 is 0 Å². The van der Waals surface area contributed by atoms with Gasteiger partial charge >= 0.3 is 0 Å². The molecule has 2 aromatic carbocycles. The molecular weight excluding hydrogens is 570 g/mol. The van der Waals surface area contributed by atoms with Gasteiger partial charge in [-0.2, -0.15) is 4.31 Å². The zero-order valence-electron chi connectivity index (χ0n) is 22.3. The number of fused-ring (bicyclic) bond motifs is 1. The van der Waals surface area contributed by atoms with Crippen LogP contribution in [0, 0.1) is 13.8 Å². The Morgan fingerprint density at radius 3 is 2.32 bits per heavy atom. The molecule has 1 aliphatic heterocycles. The predicted octanol–water partition coefficient (Wildman–Crippen LogP) is 2.40. The Morgan fingerprint density at radius 2 is 1.71 bits per heavy atom. The van der Waals surface area contributed by atoms with E-state index in [9.17, 15) is 31.6 Å². The third-order valence-corrected chi connectivity index (χ3v) is 10.6. The van der Waals surface area contributed by atoms with Crippen LogP contribution in [0.3, 0.4) is 0 Å². The van der Waals surface area contributed by atoms with Gasteiger partial charge in [0.15, 0.2) is 0 Å². The van der Waals surface area contributed by atoms with Crippen LogP contribution < -0.4 is 10.9 Å². The first-order valence-electron chi connectivity index (χ1n) is 12.5. The molecule has 1 unspecified atom stereocenters. The maximum Gasteiger partial charge on any atom is 0.268 e. The molecule has 14 heteroatoms. The van der Waals surface area contributed by atoms with Crippen molar-refractivity contribution in [3.63, 3.8) is 0 Å². The number of sulfonamides is 1. The molecule has 1 aliphatic rings. The summed E-state index contributed by atoms with van der Waals surface area (Å²) in [7, 11) is -7.21. The Hall–Kier alpha value is -4.27. The number of hydrogen-bond donors (Lipinski definition) is 2. The van der Waals surface area contributed by atoms with Gasteiger partial charge in [-0.25, -0.2) is 20.8 Å². The number of anilines is 1. The van der Waals surface area contributed by atoms with Crippen LogP contribution in [0.4, 0.5) is 5.69 Å². The molecule has 0 aliphatic carbocycles. The molecular formula is C27H27N5O7S2. The van der Waals surface area contributed by atoms with Crippen molar-refractivity contribution in [2.45, 2.75) is 36.1 Å². The van der Waals surface area contributed by atoms with Crippen molar-refractivity contribution in [1.82, 2.24) is 12.8 Å². The number of carbonyl (C=O) groups excluding carboxylic acids is 1. The standard InChI is InChI=1S/C27H27N5O7S2/c1-17-4-6-22(7-5-17)40(36,37)32-21(16-28-35)14-19-12-18(2)13-24(26(19)32)41(38,39)31-11-9-23(31)27(34)29-20-8-10-30(3)25(33)15-20/h4-8,10,12-16,23,35H,9,11H2,1-3H3,(H,29,34)/b28-16-. The van der Waals surface area contributed by atoms with Crippen molar-refractivity contribution in [2.75, 3.05) is 11.9 Å². The molecule has 0 spiro atoms. The Kier molecular flexibility index (Phi) is 7.09. The third kappa shape index (κ3) is 4.94. The Morgan fingerprint density at radius 1 is 1.00 bits per heavy atom. The lowest BCUT2D eigenvalue weighted by molar-refractivity contribution is -0.122. The summed E-state index contributed by atoms with van der Waals surface area (Å²) < 4.78 is 59.1. The first-order chi connectivity index (χ1) is 19.3. The second kappa shape index (κ2) is 10.3. The molecule has 3 heterocycles. The van der Waals surface area contributed by atoms with Crippen molar-refractivity contribution >= 4 is 48.8 Å². The fourth-order valence-corrected chi connectivity index (χ4v) is 8.25. The van der Waals surface area contributed by atoms with E-state index in [0.29, 0.717) is 5.56 Å². The number of aromatic nitrogens is 2. The highest BCUT2D eigenvalue weighted by Crippen LogP contribution is 2.36. The molecule has 1 amide bonds. The highest BCUT2D eigenvalue weighted by molar-refractivity contribution is 7.90. The average molecular weight is 598 g/mol. The predicted molar refractivity (Wildman–Crippen MR) is 152 cm³/mol. The van der Waals surface area contributed by atoms with Crippen molar-refractivity contribution in [1.29, 1.82) is 0 Å². The number of carbonyl (C=O) groups is 1. The van der Waals surface area contributed by atoms with Crippen LogP contribution in [-0.2, 0) is 31.9 Å². The highest BCUT2D eigenvalue weighted by Gasteiger charge is 2.44. The second-order valence-electron chi connectivity index (χ2n) is 9.87. The van der Waals surface area contributed by atoms with Gasteiger partial charge in [-0.15, -0.1) is 0 Å². The quantitative estimate of drug-likeness (QED) is 0.188. The van der Waals surface area contributed by atoms with Gasteiger partial charge < -0.3 is 15.1 Å². The molecule has 1 fully saturated rings. The van der Waals surface area contributed by atoms with Crippen molar-refractivity contribution in [2.24, 2.45) is 12.2 Å². The van der Waals surface area contributed by atoms with Crippen LogP contribution in [0.2, 0.25) is 0 Å². The van der Waals surface area contributed by atoms with Crippen LogP contribution in [-0.4, -0.2) is 59.6 Å². The number of pyridine rings is 1. The maximum absolute atomic E-state index is 14.1. The topological polar surface area (TPSA) is 160 Å². The molecule has 1 saturated heterocycles. The smallest absolute Gasteiger partial charge is 0.268 e. The minimum atomic E-state index is -4.41. The SMILES string of the molecule is Cc1ccc(S(=O)(=O)n2c(/C=N\O)cc3cc(C)cc(S(=O)(=O)N4CCC4C(=O)Nc4ccn(C)c(=O)c4)c32)cc1. The van der Waals surface area contributed by atoms with E-state index in [1.165, 1.54) is 47.2 Å². The van der Waals surface area contributed by atoms with Gasteiger partial charge in [0.05, 0.1) is 22.3 Å². The molecule has 0 bridgehead atoms. The lowest BCUT2D eigenvalue weighted by Gasteiger charge is -2.38. The monoisotopic (exact) mass is 597 g/mol. The van der Waals surface area contributed by atoms with E-state index in [1.807, 2.05) is 0 Å². The van der Waals surface area contributed by atoms with Crippen LogP contribution in [0.25, 0.3) is 10.9 Å². The second-order valence-corrected chi connectivity index (χ2v) is 13.5. The van der Waals surface area contributed by atoms with Gasteiger partial charge in [-0.05, 0) is 62.2 Å².